The molecular formula is C24H29N5O. The van der Waals surface area contributed by atoms with Crippen molar-refractivity contribution in [1.29, 1.82) is 0 Å². The molecule has 0 bridgehead atoms. The highest BCUT2D eigenvalue weighted by Crippen LogP contribution is 2.18. The number of nitrogens with zero attached hydrogens (tertiary/aromatic N) is 4. The minimum Gasteiger partial charge on any atom is -0.354 e. The average molecular weight is 404 g/mol. The van der Waals surface area contributed by atoms with E-state index < -0.39 is 0 Å². The second kappa shape index (κ2) is 8.71. The molecule has 0 saturated carbocycles. The van der Waals surface area contributed by atoms with Crippen LogP contribution >= 0.6 is 0 Å². The first kappa shape index (κ1) is 20.2. The molecule has 156 valence electrons. The molecule has 3 heterocycles. The van der Waals surface area contributed by atoms with Gasteiger partial charge in [0.05, 0.1) is 0 Å². The number of carbonyl (C=O) groups excluding carboxylic acids is 1. The Hall–Kier alpha value is -3.12. The van der Waals surface area contributed by atoms with Crippen LogP contribution in [0.15, 0.2) is 54.7 Å². The Labute approximate surface area is 178 Å². The Morgan fingerprint density at radius 1 is 0.967 bits per heavy atom. The highest BCUT2D eigenvalue weighted by atomic mass is 16.1. The van der Waals surface area contributed by atoms with Gasteiger partial charge in [0.1, 0.15) is 5.82 Å². The summed E-state index contributed by atoms with van der Waals surface area (Å²) in [6.45, 7) is 8.69. The summed E-state index contributed by atoms with van der Waals surface area (Å²) in [6, 6.07) is 16.0. The van der Waals surface area contributed by atoms with E-state index in [9.17, 15) is 4.79 Å². The van der Waals surface area contributed by atoms with Crippen molar-refractivity contribution in [3.63, 3.8) is 0 Å². The Kier molecular flexibility index (Phi) is 5.86. The Bertz CT molecular complexity index is 997. The molecule has 0 spiro atoms. The molecule has 1 amide bonds. The lowest BCUT2D eigenvalue weighted by atomic mass is 10.1. The van der Waals surface area contributed by atoms with Crippen molar-refractivity contribution in [1.82, 2.24) is 19.8 Å². The molecule has 1 aliphatic rings. The molecule has 1 aromatic carbocycles. The standard InChI is InChI=1S/C24H29N5O/c1-18-4-5-19(2)29(18)22-8-6-21(7-9-22)24(30)26-17-20-10-11-25-23(16-20)28-14-12-27(3)13-15-28/h4-11,16H,12-15,17H2,1-3H3,(H,26,30). The molecule has 1 saturated heterocycles. The summed E-state index contributed by atoms with van der Waals surface area (Å²) in [4.78, 5) is 21.8. The minimum absolute atomic E-state index is 0.0690. The largest absolute Gasteiger partial charge is 0.354 e. The lowest BCUT2D eigenvalue weighted by Gasteiger charge is -2.33. The first-order valence-corrected chi connectivity index (χ1v) is 10.4. The third kappa shape index (κ3) is 4.39. The summed E-state index contributed by atoms with van der Waals surface area (Å²) >= 11 is 0. The summed E-state index contributed by atoms with van der Waals surface area (Å²) in [5.41, 5.74) is 5.15. The van der Waals surface area contributed by atoms with Gasteiger partial charge in [-0.2, -0.15) is 0 Å². The maximum atomic E-state index is 12.6. The lowest BCUT2D eigenvalue weighted by molar-refractivity contribution is 0.0951. The van der Waals surface area contributed by atoms with Crippen LogP contribution in [0.1, 0.15) is 27.3 Å². The topological polar surface area (TPSA) is 53.4 Å². The van der Waals surface area contributed by atoms with Crippen LogP contribution < -0.4 is 10.2 Å². The van der Waals surface area contributed by atoms with E-state index >= 15 is 0 Å². The summed E-state index contributed by atoms with van der Waals surface area (Å²) in [5.74, 6) is 0.914. The average Bonchev–Trinajstić information content (AvgIpc) is 3.11. The van der Waals surface area contributed by atoms with E-state index in [1.807, 2.05) is 36.5 Å². The summed E-state index contributed by atoms with van der Waals surface area (Å²) < 4.78 is 2.18. The number of anilines is 1. The molecule has 1 fully saturated rings. The Morgan fingerprint density at radius 2 is 1.63 bits per heavy atom. The fraction of sp³-hybridized carbons (Fsp3) is 0.333. The lowest BCUT2D eigenvalue weighted by Crippen LogP contribution is -2.44. The van der Waals surface area contributed by atoms with Crippen molar-refractivity contribution < 1.29 is 4.79 Å². The molecule has 1 N–H and O–H groups in total. The van der Waals surface area contributed by atoms with E-state index in [1.54, 1.807) is 0 Å². The molecule has 2 aromatic heterocycles. The number of likely N-dealkylation sites (N-methyl/N-ethyl adjacent to an activating group) is 1. The van der Waals surface area contributed by atoms with Crippen LogP contribution in [0.3, 0.4) is 0 Å². The number of amides is 1. The van der Waals surface area contributed by atoms with Gasteiger partial charge in [-0.3, -0.25) is 4.79 Å². The number of hydrogen-bond acceptors (Lipinski definition) is 4. The number of nitrogens with one attached hydrogen (secondary N) is 1. The SMILES string of the molecule is Cc1ccc(C)n1-c1ccc(C(=O)NCc2ccnc(N3CCN(C)CC3)c2)cc1. The highest BCUT2D eigenvalue weighted by Gasteiger charge is 2.15. The molecule has 30 heavy (non-hydrogen) atoms. The molecular weight excluding hydrogens is 374 g/mol. The normalized spacial score (nSPS) is 14.7. The maximum Gasteiger partial charge on any atom is 0.251 e. The number of benzene rings is 1. The van der Waals surface area contributed by atoms with Crippen molar-refractivity contribution in [2.24, 2.45) is 0 Å². The van der Waals surface area contributed by atoms with E-state index in [0.717, 1.165) is 43.2 Å². The number of hydrogen-bond donors (Lipinski definition) is 1. The summed E-state index contributed by atoms with van der Waals surface area (Å²) in [7, 11) is 2.14. The van der Waals surface area contributed by atoms with Crippen molar-refractivity contribution in [3.8, 4) is 5.69 Å². The van der Waals surface area contributed by atoms with Crippen LogP contribution in [0.25, 0.3) is 5.69 Å². The second-order valence-electron chi connectivity index (χ2n) is 7.99. The van der Waals surface area contributed by atoms with Gasteiger partial charge in [0.15, 0.2) is 0 Å². The number of pyridine rings is 1. The van der Waals surface area contributed by atoms with Gasteiger partial charge in [0, 0.05) is 61.6 Å². The van der Waals surface area contributed by atoms with Gasteiger partial charge in [-0.1, -0.05) is 0 Å². The van der Waals surface area contributed by atoms with Gasteiger partial charge in [-0.25, -0.2) is 4.98 Å². The zero-order valence-corrected chi connectivity index (χ0v) is 17.9. The van der Waals surface area contributed by atoms with E-state index in [1.165, 1.54) is 11.4 Å². The molecule has 3 aromatic rings. The molecule has 0 radical (unpaired) electrons. The fourth-order valence-corrected chi connectivity index (χ4v) is 3.90. The third-order valence-electron chi connectivity index (χ3n) is 5.75. The van der Waals surface area contributed by atoms with Crippen molar-refractivity contribution in [2.75, 3.05) is 38.1 Å². The van der Waals surface area contributed by atoms with Crippen molar-refractivity contribution >= 4 is 11.7 Å². The summed E-state index contributed by atoms with van der Waals surface area (Å²) in [5, 5.41) is 3.03. The third-order valence-corrected chi connectivity index (χ3v) is 5.75. The van der Waals surface area contributed by atoms with Gasteiger partial charge < -0.3 is 19.7 Å². The van der Waals surface area contributed by atoms with Crippen LogP contribution in [0.5, 0.6) is 0 Å². The van der Waals surface area contributed by atoms with Gasteiger partial charge in [-0.15, -0.1) is 0 Å². The van der Waals surface area contributed by atoms with Crippen LogP contribution in [-0.2, 0) is 6.54 Å². The van der Waals surface area contributed by atoms with E-state index in [2.05, 4.69) is 63.8 Å². The quantitative estimate of drug-likeness (QED) is 0.711. The molecule has 0 atom stereocenters. The van der Waals surface area contributed by atoms with E-state index in [-0.39, 0.29) is 5.91 Å². The molecule has 0 aliphatic carbocycles. The van der Waals surface area contributed by atoms with E-state index in [4.69, 9.17) is 0 Å². The summed E-state index contributed by atoms with van der Waals surface area (Å²) in [6.07, 6.45) is 1.83. The fourth-order valence-electron chi connectivity index (χ4n) is 3.90. The smallest absolute Gasteiger partial charge is 0.251 e. The molecule has 4 rings (SSSR count). The predicted molar refractivity (Wildman–Crippen MR) is 120 cm³/mol. The predicted octanol–water partition coefficient (Wildman–Crippen LogP) is 3.17. The number of rotatable bonds is 5. The number of aromatic nitrogens is 2. The van der Waals surface area contributed by atoms with Crippen LogP contribution in [0.4, 0.5) is 5.82 Å². The molecule has 6 heteroatoms. The first-order valence-electron chi connectivity index (χ1n) is 10.4. The van der Waals surface area contributed by atoms with Crippen LogP contribution in [0.2, 0.25) is 0 Å². The second-order valence-corrected chi connectivity index (χ2v) is 7.99. The zero-order chi connectivity index (χ0) is 21.1. The van der Waals surface area contributed by atoms with Gasteiger partial charge >= 0.3 is 0 Å². The monoisotopic (exact) mass is 403 g/mol. The molecule has 0 unspecified atom stereocenters. The number of carbonyl (C=O) groups is 1. The van der Waals surface area contributed by atoms with Gasteiger partial charge in [-0.05, 0) is 75.0 Å². The Morgan fingerprint density at radius 3 is 2.30 bits per heavy atom. The van der Waals surface area contributed by atoms with Crippen molar-refractivity contribution in [3.05, 3.63) is 77.2 Å². The van der Waals surface area contributed by atoms with Crippen molar-refractivity contribution in [2.45, 2.75) is 20.4 Å². The van der Waals surface area contributed by atoms with Gasteiger partial charge in [0.2, 0.25) is 0 Å². The van der Waals surface area contributed by atoms with Crippen LogP contribution in [0, 0.1) is 13.8 Å². The molecule has 6 nitrogen and oxygen atoms in total. The number of piperazine rings is 1. The highest BCUT2D eigenvalue weighted by molar-refractivity contribution is 5.94. The molecule has 1 aliphatic heterocycles. The zero-order valence-electron chi connectivity index (χ0n) is 17.9. The Balaban J connectivity index is 1.38. The van der Waals surface area contributed by atoms with Gasteiger partial charge in [0.25, 0.3) is 5.91 Å². The minimum atomic E-state index is -0.0690. The number of aryl methyl sites for hydroxylation is 2. The van der Waals surface area contributed by atoms with E-state index in [0.29, 0.717) is 12.1 Å². The first-order chi connectivity index (χ1) is 14.5. The van der Waals surface area contributed by atoms with Crippen LogP contribution in [-0.4, -0.2) is 53.6 Å². The maximum absolute atomic E-state index is 12.6.